The number of benzene rings is 1. The first-order valence-electron chi connectivity index (χ1n) is 9.21. The van der Waals surface area contributed by atoms with Crippen LogP contribution in [0.3, 0.4) is 0 Å². The molecule has 0 bridgehead atoms. The Morgan fingerprint density at radius 1 is 1.19 bits per heavy atom. The average Bonchev–Trinajstić information content (AvgIpc) is 2.69. The lowest BCUT2D eigenvalue weighted by Crippen LogP contribution is -2.39. The molecule has 3 aromatic rings. The maximum atomic E-state index is 12.7. The molecule has 0 unspecified atom stereocenters. The number of aromatic nitrogens is 3. The number of H-pyrrole nitrogens is 1. The van der Waals surface area contributed by atoms with Gasteiger partial charge in [-0.2, -0.15) is 4.98 Å². The van der Waals surface area contributed by atoms with Gasteiger partial charge < -0.3 is 10.1 Å². The van der Waals surface area contributed by atoms with Crippen LogP contribution in [0.4, 0.5) is 5.95 Å². The van der Waals surface area contributed by atoms with Gasteiger partial charge in [-0.25, -0.2) is 4.98 Å². The molecule has 1 aromatic carbocycles. The Bertz CT molecular complexity index is 978. The second kappa shape index (κ2) is 7.85. The molecule has 0 spiro atoms. The predicted octanol–water partition coefficient (Wildman–Crippen LogP) is 2.04. The van der Waals surface area contributed by atoms with E-state index in [4.69, 9.17) is 4.74 Å². The summed E-state index contributed by atoms with van der Waals surface area (Å²) >= 11 is 0. The Morgan fingerprint density at radius 2 is 1.96 bits per heavy atom. The average molecular weight is 365 g/mol. The summed E-state index contributed by atoms with van der Waals surface area (Å²) in [5.41, 5.74) is 3.26. The van der Waals surface area contributed by atoms with Crippen LogP contribution in [0.15, 0.2) is 41.3 Å². The summed E-state index contributed by atoms with van der Waals surface area (Å²) < 4.78 is 5.35. The van der Waals surface area contributed by atoms with Gasteiger partial charge in [-0.05, 0) is 24.1 Å². The number of rotatable bonds is 5. The minimum absolute atomic E-state index is 0.183. The maximum Gasteiger partial charge on any atom is 0.262 e. The van der Waals surface area contributed by atoms with Gasteiger partial charge in [0.15, 0.2) is 5.65 Å². The first-order valence-corrected chi connectivity index (χ1v) is 9.21. The van der Waals surface area contributed by atoms with Crippen molar-refractivity contribution in [3.8, 4) is 11.1 Å². The van der Waals surface area contributed by atoms with Crippen molar-refractivity contribution in [3.05, 3.63) is 52.4 Å². The van der Waals surface area contributed by atoms with Crippen molar-refractivity contribution >= 4 is 17.0 Å². The number of fused-ring (bicyclic) bond motifs is 1. The number of aryl methyl sites for hydroxylation is 1. The van der Waals surface area contributed by atoms with E-state index in [0.29, 0.717) is 23.5 Å². The zero-order chi connectivity index (χ0) is 18.6. The molecule has 7 heteroatoms. The monoisotopic (exact) mass is 365 g/mol. The topological polar surface area (TPSA) is 83.1 Å². The van der Waals surface area contributed by atoms with E-state index in [0.717, 1.165) is 44.0 Å². The molecule has 0 aliphatic carbocycles. The van der Waals surface area contributed by atoms with E-state index in [1.165, 1.54) is 5.56 Å². The fraction of sp³-hybridized carbons (Fsp3) is 0.350. The van der Waals surface area contributed by atoms with Crippen LogP contribution in [0.25, 0.3) is 22.2 Å². The van der Waals surface area contributed by atoms with Gasteiger partial charge in [0, 0.05) is 32.4 Å². The summed E-state index contributed by atoms with van der Waals surface area (Å²) in [6.07, 6.45) is 1.70. The third-order valence-corrected chi connectivity index (χ3v) is 4.79. The summed E-state index contributed by atoms with van der Waals surface area (Å²) in [4.78, 5) is 26.7. The van der Waals surface area contributed by atoms with Crippen LogP contribution >= 0.6 is 0 Å². The first-order chi connectivity index (χ1) is 13.2. The minimum atomic E-state index is -0.183. The molecule has 2 aromatic heterocycles. The van der Waals surface area contributed by atoms with Crippen molar-refractivity contribution in [3.63, 3.8) is 0 Å². The fourth-order valence-electron chi connectivity index (χ4n) is 3.28. The van der Waals surface area contributed by atoms with Gasteiger partial charge in [0.2, 0.25) is 5.95 Å². The number of morpholine rings is 1. The summed E-state index contributed by atoms with van der Waals surface area (Å²) in [5.74, 6) is 0.453. The van der Waals surface area contributed by atoms with Gasteiger partial charge in [0.1, 0.15) is 0 Å². The zero-order valence-electron chi connectivity index (χ0n) is 15.4. The highest BCUT2D eigenvalue weighted by molar-refractivity contribution is 5.92. The highest BCUT2D eigenvalue weighted by atomic mass is 16.5. The predicted molar refractivity (Wildman–Crippen MR) is 106 cm³/mol. The van der Waals surface area contributed by atoms with Crippen molar-refractivity contribution in [2.45, 2.75) is 6.92 Å². The number of nitrogens with one attached hydrogen (secondary N) is 2. The highest BCUT2D eigenvalue weighted by Gasteiger charge is 2.12. The molecule has 0 amide bonds. The van der Waals surface area contributed by atoms with Crippen LogP contribution in [-0.4, -0.2) is 59.2 Å². The van der Waals surface area contributed by atoms with Gasteiger partial charge in [0.05, 0.1) is 18.6 Å². The Balaban J connectivity index is 1.57. The molecule has 3 heterocycles. The third kappa shape index (κ3) is 3.99. The van der Waals surface area contributed by atoms with Crippen LogP contribution < -0.4 is 10.9 Å². The standard InChI is InChI=1S/C20H23N5O2/c1-14-2-4-15(5-3-14)16-6-7-21-18-17(16)19(26)24-20(23-18)22-8-9-25-10-12-27-13-11-25/h2-7H,8-13H2,1H3,(H2,21,22,23,24,26). The SMILES string of the molecule is Cc1ccc(-c2ccnc3nc(NCCN4CCOCC4)[nH]c(=O)c23)cc1. The summed E-state index contributed by atoms with van der Waals surface area (Å²) in [7, 11) is 0. The van der Waals surface area contributed by atoms with Crippen molar-refractivity contribution in [1.82, 2.24) is 19.9 Å². The molecule has 1 aliphatic rings. The van der Waals surface area contributed by atoms with Crippen LogP contribution in [-0.2, 0) is 4.74 Å². The smallest absolute Gasteiger partial charge is 0.262 e. The van der Waals surface area contributed by atoms with E-state index < -0.39 is 0 Å². The maximum absolute atomic E-state index is 12.7. The van der Waals surface area contributed by atoms with E-state index in [2.05, 4.69) is 25.2 Å². The van der Waals surface area contributed by atoms with Gasteiger partial charge >= 0.3 is 0 Å². The lowest BCUT2D eigenvalue weighted by Gasteiger charge is -2.26. The molecule has 1 saturated heterocycles. The van der Waals surface area contributed by atoms with E-state index in [-0.39, 0.29) is 5.56 Å². The number of pyridine rings is 1. The normalized spacial score (nSPS) is 15.1. The Morgan fingerprint density at radius 3 is 2.74 bits per heavy atom. The molecule has 4 rings (SSSR count). The van der Waals surface area contributed by atoms with Crippen molar-refractivity contribution in [2.75, 3.05) is 44.7 Å². The second-order valence-electron chi connectivity index (χ2n) is 6.72. The number of hydrogen-bond donors (Lipinski definition) is 2. The fourth-order valence-corrected chi connectivity index (χ4v) is 3.28. The largest absolute Gasteiger partial charge is 0.379 e. The summed E-state index contributed by atoms with van der Waals surface area (Å²) in [6, 6.07) is 9.95. The Labute approximate surface area is 157 Å². The highest BCUT2D eigenvalue weighted by Crippen LogP contribution is 2.24. The molecule has 1 aliphatic heterocycles. The third-order valence-electron chi connectivity index (χ3n) is 4.79. The number of ether oxygens (including phenoxy) is 1. The van der Waals surface area contributed by atoms with Gasteiger partial charge in [-0.3, -0.25) is 14.7 Å². The molecule has 1 fully saturated rings. The van der Waals surface area contributed by atoms with Crippen LogP contribution in [0, 0.1) is 6.92 Å². The molecule has 27 heavy (non-hydrogen) atoms. The van der Waals surface area contributed by atoms with Gasteiger partial charge in [-0.1, -0.05) is 29.8 Å². The van der Waals surface area contributed by atoms with Gasteiger partial charge in [-0.15, -0.1) is 0 Å². The lowest BCUT2D eigenvalue weighted by atomic mass is 10.0. The molecule has 7 nitrogen and oxygen atoms in total. The van der Waals surface area contributed by atoms with Crippen molar-refractivity contribution < 1.29 is 4.74 Å². The summed E-state index contributed by atoms with van der Waals surface area (Å²) in [6.45, 7) is 7.04. The first kappa shape index (κ1) is 17.6. The van der Waals surface area contributed by atoms with E-state index in [1.54, 1.807) is 6.20 Å². The zero-order valence-corrected chi connectivity index (χ0v) is 15.4. The van der Waals surface area contributed by atoms with Crippen LogP contribution in [0.2, 0.25) is 0 Å². The van der Waals surface area contributed by atoms with E-state index in [1.807, 2.05) is 37.3 Å². The second-order valence-corrected chi connectivity index (χ2v) is 6.72. The van der Waals surface area contributed by atoms with E-state index in [9.17, 15) is 4.79 Å². The Hall–Kier alpha value is -2.77. The molecule has 140 valence electrons. The van der Waals surface area contributed by atoms with Crippen molar-refractivity contribution in [2.24, 2.45) is 0 Å². The molecule has 2 N–H and O–H groups in total. The molecular weight excluding hydrogens is 342 g/mol. The molecule has 0 radical (unpaired) electrons. The number of hydrogen-bond acceptors (Lipinski definition) is 6. The lowest BCUT2D eigenvalue weighted by molar-refractivity contribution is 0.0398. The number of aromatic amines is 1. The number of anilines is 1. The minimum Gasteiger partial charge on any atom is -0.379 e. The van der Waals surface area contributed by atoms with Gasteiger partial charge in [0.25, 0.3) is 5.56 Å². The molecule has 0 atom stereocenters. The molecular formula is C20H23N5O2. The van der Waals surface area contributed by atoms with Crippen molar-refractivity contribution in [1.29, 1.82) is 0 Å². The van der Waals surface area contributed by atoms with Crippen LogP contribution in [0.1, 0.15) is 5.56 Å². The Kier molecular flexibility index (Phi) is 5.13. The van der Waals surface area contributed by atoms with E-state index >= 15 is 0 Å². The quantitative estimate of drug-likeness (QED) is 0.720. The number of nitrogens with zero attached hydrogens (tertiary/aromatic N) is 3. The summed E-state index contributed by atoms with van der Waals surface area (Å²) in [5, 5.41) is 3.72. The van der Waals surface area contributed by atoms with Crippen LogP contribution in [0.5, 0.6) is 0 Å². The molecule has 0 saturated carbocycles.